The lowest BCUT2D eigenvalue weighted by molar-refractivity contribution is -0.134. The Morgan fingerprint density at radius 1 is 1.25 bits per heavy atom. The van der Waals surface area contributed by atoms with Crippen LogP contribution in [0.3, 0.4) is 0 Å². The third-order valence-corrected chi connectivity index (χ3v) is 3.83. The molecule has 1 heterocycles. The minimum absolute atomic E-state index is 0.263. The number of rotatable bonds is 3. The molecule has 0 spiro atoms. The highest BCUT2D eigenvalue weighted by atomic mass is 16.2. The molecule has 92 valence electrons. The highest BCUT2D eigenvalue weighted by Crippen LogP contribution is 2.18. The number of carbonyl (C=O) groups excluding carboxylic acids is 1. The van der Waals surface area contributed by atoms with Crippen molar-refractivity contribution >= 4 is 5.91 Å². The van der Waals surface area contributed by atoms with E-state index in [4.69, 9.17) is 0 Å². The number of carbonyl (C=O) groups is 1. The van der Waals surface area contributed by atoms with Gasteiger partial charge in [0.1, 0.15) is 0 Å². The van der Waals surface area contributed by atoms with Gasteiger partial charge in [0.2, 0.25) is 5.91 Å². The Kier molecular flexibility index (Phi) is 3.50. The van der Waals surface area contributed by atoms with Crippen LogP contribution in [-0.4, -0.2) is 60.5 Å². The van der Waals surface area contributed by atoms with Gasteiger partial charge >= 0.3 is 0 Å². The van der Waals surface area contributed by atoms with E-state index in [1.165, 1.54) is 12.8 Å². The summed E-state index contributed by atoms with van der Waals surface area (Å²) in [6.45, 7) is 6.63. The normalized spacial score (nSPS) is 31.8. The summed E-state index contributed by atoms with van der Waals surface area (Å²) in [5.41, 5.74) is 0. The third-order valence-electron chi connectivity index (χ3n) is 3.83. The van der Waals surface area contributed by atoms with Gasteiger partial charge in [-0.15, -0.1) is 0 Å². The van der Waals surface area contributed by atoms with Crippen LogP contribution in [0.5, 0.6) is 0 Å². The maximum atomic E-state index is 12.0. The first-order chi connectivity index (χ1) is 7.58. The third kappa shape index (κ3) is 2.74. The van der Waals surface area contributed by atoms with Gasteiger partial charge in [-0.3, -0.25) is 9.69 Å². The summed E-state index contributed by atoms with van der Waals surface area (Å²) >= 11 is 0. The number of amides is 1. The Morgan fingerprint density at radius 3 is 2.31 bits per heavy atom. The van der Waals surface area contributed by atoms with Crippen LogP contribution in [0.2, 0.25) is 0 Å². The van der Waals surface area contributed by atoms with Crippen molar-refractivity contribution in [3.05, 3.63) is 0 Å². The summed E-state index contributed by atoms with van der Waals surface area (Å²) in [7, 11) is 2.14. The first kappa shape index (κ1) is 11.9. The predicted molar refractivity (Wildman–Crippen MR) is 64.3 cm³/mol. The van der Waals surface area contributed by atoms with Crippen molar-refractivity contribution in [3.8, 4) is 0 Å². The lowest BCUT2D eigenvalue weighted by Gasteiger charge is -2.42. The summed E-state index contributed by atoms with van der Waals surface area (Å²) in [5, 5.41) is 3.29. The Bertz CT molecular complexity index is 253. The lowest BCUT2D eigenvalue weighted by atomic mass is 10.1. The van der Waals surface area contributed by atoms with Crippen molar-refractivity contribution < 1.29 is 4.79 Å². The van der Waals surface area contributed by atoms with E-state index in [2.05, 4.69) is 31.1 Å². The summed E-state index contributed by atoms with van der Waals surface area (Å²) in [5.74, 6) is 0.263. The molecule has 1 aliphatic carbocycles. The standard InChI is InChI=1S/C12H23N3O/c1-9-7-15(8-10(2)14(9)3)12(16)6-13-11-4-5-11/h9-11,13H,4-8H2,1-3H3. The molecule has 16 heavy (non-hydrogen) atoms. The molecule has 2 fully saturated rings. The molecule has 1 saturated heterocycles. The van der Waals surface area contributed by atoms with Gasteiger partial charge in [-0.25, -0.2) is 0 Å². The van der Waals surface area contributed by atoms with E-state index >= 15 is 0 Å². The smallest absolute Gasteiger partial charge is 0.236 e. The van der Waals surface area contributed by atoms with E-state index in [9.17, 15) is 4.79 Å². The Labute approximate surface area is 98.0 Å². The van der Waals surface area contributed by atoms with Gasteiger partial charge in [-0.2, -0.15) is 0 Å². The predicted octanol–water partition coefficient (Wildman–Crippen LogP) is 0.289. The van der Waals surface area contributed by atoms with Gasteiger partial charge in [0.15, 0.2) is 0 Å². The van der Waals surface area contributed by atoms with E-state index in [-0.39, 0.29) is 5.91 Å². The number of likely N-dealkylation sites (N-methyl/N-ethyl adjacent to an activating group) is 1. The average molecular weight is 225 g/mol. The molecule has 2 unspecified atom stereocenters. The number of piperazine rings is 1. The van der Waals surface area contributed by atoms with E-state index in [0.717, 1.165) is 13.1 Å². The van der Waals surface area contributed by atoms with E-state index in [1.807, 2.05) is 4.90 Å². The molecular weight excluding hydrogens is 202 g/mol. The van der Waals surface area contributed by atoms with Crippen molar-refractivity contribution in [2.75, 3.05) is 26.7 Å². The molecular formula is C12H23N3O. The zero-order valence-corrected chi connectivity index (χ0v) is 10.6. The molecule has 1 N–H and O–H groups in total. The minimum Gasteiger partial charge on any atom is -0.338 e. The fourth-order valence-electron chi connectivity index (χ4n) is 2.24. The Morgan fingerprint density at radius 2 is 1.81 bits per heavy atom. The molecule has 0 aromatic heterocycles. The molecule has 0 radical (unpaired) electrons. The number of hydrogen-bond donors (Lipinski definition) is 1. The Hall–Kier alpha value is -0.610. The lowest BCUT2D eigenvalue weighted by Crippen LogP contribution is -2.57. The highest BCUT2D eigenvalue weighted by Gasteiger charge is 2.30. The quantitative estimate of drug-likeness (QED) is 0.750. The highest BCUT2D eigenvalue weighted by molar-refractivity contribution is 5.78. The second kappa shape index (κ2) is 4.72. The molecule has 1 amide bonds. The van der Waals surface area contributed by atoms with Crippen LogP contribution in [0.25, 0.3) is 0 Å². The van der Waals surface area contributed by atoms with Crippen LogP contribution in [0.15, 0.2) is 0 Å². The second-order valence-corrected chi connectivity index (χ2v) is 5.32. The van der Waals surface area contributed by atoms with E-state index in [1.54, 1.807) is 0 Å². The van der Waals surface area contributed by atoms with Crippen molar-refractivity contribution in [1.82, 2.24) is 15.1 Å². The maximum Gasteiger partial charge on any atom is 0.236 e. The summed E-state index contributed by atoms with van der Waals surface area (Å²) in [4.78, 5) is 16.3. The molecule has 2 aliphatic rings. The largest absolute Gasteiger partial charge is 0.338 e. The first-order valence-electron chi connectivity index (χ1n) is 6.31. The first-order valence-corrected chi connectivity index (χ1v) is 6.31. The van der Waals surface area contributed by atoms with Gasteiger partial charge in [0, 0.05) is 31.2 Å². The van der Waals surface area contributed by atoms with Gasteiger partial charge in [-0.05, 0) is 33.7 Å². The molecule has 4 heteroatoms. The Balaban J connectivity index is 1.81. The average Bonchev–Trinajstić information content (AvgIpc) is 3.05. The molecule has 0 aromatic carbocycles. The van der Waals surface area contributed by atoms with Crippen LogP contribution >= 0.6 is 0 Å². The van der Waals surface area contributed by atoms with E-state index < -0.39 is 0 Å². The van der Waals surface area contributed by atoms with Crippen LogP contribution in [0.4, 0.5) is 0 Å². The molecule has 0 aromatic rings. The van der Waals surface area contributed by atoms with Crippen LogP contribution in [-0.2, 0) is 4.79 Å². The summed E-state index contributed by atoms with van der Waals surface area (Å²) < 4.78 is 0. The number of hydrogen-bond acceptors (Lipinski definition) is 3. The van der Waals surface area contributed by atoms with E-state index in [0.29, 0.717) is 24.7 Å². The van der Waals surface area contributed by atoms with Crippen molar-refractivity contribution in [3.63, 3.8) is 0 Å². The zero-order valence-electron chi connectivity index (χ0n) is 10.6. The van der Waals surface area contributed by atoms with Crippen molar-refractivity contribution in [2.24, 2.45) is 0 Å². The molecule has 2 atom stereocenters. The summed E-state index contributed by atoms with van der Waals surface area (Å²) in [6, 6.07) is 1.55. The zero-order chi connectivity index (χ0) is 11.7. The maximum absolute atomic E-state index is 12.0. The SMILES string of the molecule is CC1CN(C(=O)CNC2CC2)CC(C)N1C. The monoisotopic (exact) mass is 225 g/mol. The molecule has 4 nitrogen and oxygen atoms in total. The second-order valence-electron chi connectivity index (χ2n) is 5.32. The van der Waals surface area contributed by atoms with Crippen LogP contribution in [0, 0.1) is 0 Å². The van der Waals surface area contributed by atoms with Crippen molar-refractivity contribution in [1.29, 1.82) is 0 Å². The van der Waals surface area contributed by atoms with Crippen molar-refractivity contribution in [2.45, 2.75) is 44.8 Å². The molecule has 2 rings (SSSR count). The minimum atomic E-state index is 0.263. The number of nitrogens with zero attached hydrogens (tertiary/aromatic N) is 2. The molecule has 1 saturated carbocycles. The van der Waals surface area contributed by atoms with Gasteiger partial charge in [0.25, 0.3) is 0 Å². The molecule has 1 aliphatic heterocycles. The fourth-order valence-corrected chi connectivity index (χ4v) is 2.24. The van der Waals surface area contributed by atoms with Crippen LogP contribution in [0.1, 0.15) is 26.7 Å². The number of nitrogens with one attached hydrogen (secondary N) is 1. The van der Waals surface area contributed by atoms with Gasteiger partial charge < -0.3 is 10.2 Å². The van der Waals surface area contributed by atoms with Crippen LogP contribution < -0.4 is 5.32 Å². The summed E-state index contributed by atoms with van der Waals surface area (Å²) in [6.07, 6.45) is 2.48. The topological polar surface area (TPSA) is 35.6 Å². The van der Waals surface area contributed by atoms with Gasteiger partial charge in [0.05, 0.1) is 6.54 Å². The fraction of sp³-hybridized carbons (Fsp3) is 0.917. The van der Waals surface area contributed by atoms with Gasteiger partial charge in [-0.1, -0.05) is 0 Å². The molecule has 0 bridgehead atoms.